The Morgan fingerprint density at radius 2 is 1.71 bits per heavy atom. The summed E-state index contributed by atoms with van der Waals surface area (Å²) in [6.07, 6.45) is 2.83. The molecule has 0 heterocycles. The SMILES string of the molecule is Nc1cccc(-c2ccc(OC3CC3)cc2)c1. The van der Waals surface area contributed by atoms with Gasteiger partial charge >= 0.3 is 0 Å². The van der Waals surface area contributed by atoms with Gasteiger partial charge in [0.1, 0.15) is 5.75 Å². The van der Waals surface area contributed by atoms with Gasteiger partial charge in [-0.15, -0.1) is 0 Å². The molecule has 0 radical (unpaired) electrons. The summed E-state index contributed by atoms with van der Waals surface area (Å²) >= 11 is 0. The normalized spacial score (nSPS) is 14.6. The van der Waals surface area contributed by atoms with Crippen molar-refractivity contribution in [3.8, 4) is 16.9 Å². The van der Waals surface area contributed by atoms with Crippen LogP contribution in [0, 0.1) is 0 Å². The minimum Gasteiger partial charge on any atom is -0.490 e. The molecule has 1 aliphatic rings. The maximum absolute atomic E-state index is 5.78. The topological polar surface area (TPSA) is 35.2 Å². The van der Waals surface area contributed by atoms with Crippen LogP contribution >= 0.6 is 0 Å². The van der Waals surface area contributed by atoms with Crippen LogP contribution in [0.4, 0.5) is 5.69 Å². The lowest BCUT2D eigenvalue weighted by atomic mass is 10.1. The van der Waals surface area contributed by atoms with Crippen LogP contribution < -0.4 is 10.5 Å². The zero-order valence-electron chi connectivity index (χ0n) is 9.60. The van der Waals surface area contributed by atoms with E-state index in [-0.39, 0.29) is 0 Å². The zero-order valence-corrected chi connectivity index (χ0v) is 9.60. The molecule has 0 bridgehead atoms. The van der Waals surface area contributed by atoms with Crippen molar-refractivity contribution < 1.29 is 4.74 Å². The average Bonchev–Trinajstić information content (AvgIpc) is 3.14. The zero-order chi connectivity index (χ0) is 11.7. The molecule has 2 N–H and O–H groups in total. The molecule has 1 saturated carbocycles. The summed E-state index contributed by atoms with van der Waals surface area (Å²) in [5, 5.41) is 0. The molecular formula is C15H15NO. The molecule has 0 spiro atoms. The van der Waals surface area contributed by atoms with E-state index in [4.69, 9.17) is 10.5 Å². The third-order valence-electron chi connectivity index (χ3n) is 2.90. The Hall–Kier alpha value is -1.96. The fourth-order valence-electron chi connectivity index (χ4n) is 1.82. The van der Waals surface area contributed by atoms with E-state index in [0.29, 0.717) is 6.10 Å². The van der Waals surface area contributed by atoms with Gasteiger partial charge in [-0.2, -0.15) is 0 Å². The number of anilines is 1. The third-order valence-corrected chi connectivity index (χ3v) is 2.90. The van der Waals surface area contributed by atoms with Gasteiger partial charge in [0.2, 0.25) is 0 Å². The molecule has 0 aromatic heterocycles. The Morgan fingerprint density at radius 1 is 0.941 bits per heavy atom. The highest BCUT2D eigenvalue weighted by Crippen LogP contribution is 2.29. The fourth-order valence-corrected chi connectivity index (χ4v) is 1.82. The summed E-state index contributed by atoms with van der Waals surface area (Å²) in [4.78, 5) is 0. The fraction of sp³-hybridized carbons (Fsp3) is 0.200. The summed E-state index contributed by atoms with van der Waals surface area (Å²) in [5.74, 6) is 0.958. The summed E-state index contributed by atoms with van der Waals surface area (Å²) in [6, 6.07) is 16.1. The first-order valence-corrected chi connectivity index (χ1v) is 5.94. The highest BCUT2D eigenvalue weighted by Gasteiger charge is 2.23. The number of nitrogen functional groups attached to an aromatic ring is 1. The molecule has 2 aromatic carbocycles. The second kappa shape index (κ2) is 4.13. The van der Waals surface area contributed by atoms with Crippen LogP contribution in [0.1, 0.15) is 12.8 Å². The van der Waals surface area contributed by atoms with Crippen molar-refractivity contribution in [3.63, 3.8) is 0 Å². The molecule has 1 fully saturated rings. The largest absolute Gasteiger partial charge is 0.490 e. The van der Waals surface area contributed by atoms with E-state index < -0.39 is 0 Å². The highest BCUT2D eigenvalue weighted by molar-refractivity contribution is 5.67. The number of ether oxygens (including phenoxy) is 1. The second-order valence-corrected chi connectivity index (χ2v) is 4.47. The van der Waals surface area contributed by atoms with E-state index in [1.807, 2.05) is 30.3 Å². The Labute approximate surface area is 101 Å². The van der Waals surface area contributed by atoms with Gasteiger partial charge in [-0.1, -0.05) is 24.3 Å². The van der Waals surface area contributed by atoms with Crippen molar-refractivity contribution in [2.24, 2.45) is 0 Å². The van der Waals surface area contributed by atoms with Crippen molar-refractivity contribution >= 4 is 5.69 Å². The van der Waals surface area contributed by atoms with Gasteiger partial charge in [0, 0.05) is 5.69 Å². The first kappa shape index (κ1) is 10.2. The molecule has 2 nitrogen and oxygen atoms in total. The van der Waals surface area contributed by atoms with Crippen LogP contribution in [-0.2, 0) is 0 Å². The Bertz CT molecular complexity index is 515. The van der Waals surface area contributed by atoms with Crippen molar-refractivity contribution in [1.82, 2.24) is 0 Å². The van der Waals surface area contributed by atoms with Gasteiger partial charge in [0.25, 0.3) is 0 Å². The molecule has 0 amide bonds. The van der Waals surface area contributed by atoms with Gasteiger partial charge in [-0.25, -0.2) is 0 Å². The van der Waals surface area contributed by atoms with Crippen molar-refractivity contribution in [2.45, 2.75) is 18.9 Å². The van der Waals surface area contributed by atoms with Crippen LogP contribution in [0.2, 0.25) is 0 Å². The Balaban J connectivity index is 1.83. The molecule has 17 heavy (non-hydrogen) atoms. The predicted molar refractivity (Wildman–Crippen MR) is 69.9 cm³/mol. The van der Waals surface area contributed by atoms with Crippen LogP contribution in [0.15, 0.2) is 48.5 Å². The maximum atomic E-state index is 5.78. The lowest BCUT2D eigenvalue weighted by molar-refractivity contribution is 0.303. The quantitative estimate of drug-likeness (QED) is 0.812. The van der Waals surface area contributed by atoms with E-state index in [0.717, 1.165) is 17.0 Å². The van der Waals surface area contributed by atoms with Crippen LogP contribution in [0.5, 0.6) is 5.75 Å². The molecular weight excluding hydrogens is 210 g/mol. The van der Waals surface area contributed by atoms with Gasteiger partial charge in [-0.3, -0.25) is 0 Å². The number of hydrogen-bond donors (Lipinski definition) is 1. The predicted octanol–water partition coefficient (Wildman–Crippen LogP) is 3.48. The number of hydrogen-bond acceptors (Lipinski definition) is 2. The van der Waals surface area contributed by atoms with Gasteiger partial charge in [0.15, 0.2) is 0 Å². The molecule has 2 aromatic rings. The minimum atomic E-state index is 0.452. The molecule has 0 atom stereocenters. The van der Waals surface area contributed by atoms with Gasteiger partial charge in [0.05, 0.1) is 6.10 Å². The first-order valence-electron chi connectivity index (χ1n) is 5.94. The molecule has 0 unspecified atom stereocenters. The highest BCUT2D eigenvalue weighted by atomic mass is 16.5. The van der Waals surface area contributed by atoms with E-state index >= 15 is 0 Å². The van der Waals surface area contributed by atoms with Gasteiger partial charge < -0.3 is 10.5 Å². The standard InChI is InChI=1S/C15H15NO/c16-13-3-1-2-12(10-13)11-4-6-14(7-5-11)17-15-8-9-15/h1-7,10,15H,8-9,16H2. The molecule has 3 rings (SSSR count). The van der Waals surface area contributed by atoms with Crippen LogP contribution in [0.3, 0.4) is 0 Å². The lowest BCUT2D eigenvalue weighted by Gasteiger charge is -2.06. The van der Waals surface area contributed by atoms with Crippen LogP contribution in [0.25, 0.3) is 11.1 Å². The molecule has 1 aliphatic carbocycles. The summed E-state index contributed by atoms with van der Waals surface area (Å²) in [6.45, 7) is 0. The molecule has 0 aliphatic heterocycles. The van der Waals surface area contributed by atoms with E-state index in [2.05, 4.69) is 18.2 Å². The van der Waals surface area contributed by atoms with E-state index in [9.17, 15) is 0 Å². The average molecular weight is 225 g/mol. The first-order chi connectivity index (χ1) is 8.31. The van der Waals surface area contributed by atoms with E-state index in [1.165, 1.54) is 18.4 Å². The second-order valence-electron chi connectivity index (χ2n) is 4.47. The number of nitrogens with two attached hydrogens (primary N) is 1. The van der Waals surface area contributed by atoms with Crippen molar-refractivity contribution in [1.29, 1.82) is 0 Å². The number of benzene rings is 2. The third kappa shape index (κ3) is 2.41. The lowest BCUT2D eigenvalue weighted by Crippen LogP contribution is -1.95. The smallest absolute Gasteiger partial charge is 0.119 e. The monoisotopic (exact) mass is 225 g/mol. The molecule has 2 heteroatoms. The van der Waals surface area contributed by atoms with Crippen molar-refractivity contribution in [3.05, 3.63) is 48.5 Å². The number of rotatable bonds is 3. The van der Waals surface area contributed by atoms with Gasteiger partial charge in [-0.05, 0) is 48.2 Å². The van der Waals surface area contributed by atoms with Crippen LogP contribution in [-0.4, -0.2) is 6.10 Å². The van der Waals surface area contributed by atoms with E-state index in [1.54, 1.807) is 0 Å². The van der Waals surface area contributed by atoms with Crippen molar-refractivity contribution in [2.75, 3.05) is 5.73 Å². The Kier molecular flexibility index (Phi) is 2.48. The molecule has 86 valence electrons. The molecule has 0 saturated heterocycles. The minimum absolute atomic E-state index is 0.452. The summed E-state index contributed by atoms with van der Waals surface area (Å²) < 4.78 is 5.72. The Morgan fingerprint density at radius 3 is 2.35 bits per heavy atom. The summed E-state index contributed by atoms with van der Waals surface area (Å²) in [7, 11) is 0. The summed E-state index contributed by atoms with van der Waals surface area (Å²) in [5.41, 5.74) is 8.88. The maximum Gasteiger partial charge on any atom is 0.119 e.